The van der Waals surface area contributed by atoms with Crippen molar-refractivity contribution >= 4 is 33.1 Å². The Bertz CT molecular complexity index is 1040. The molecule has 0 bridgehead atoms. The van der Waals surface area contributed by atoms with Crippen molar-refractivity contribution in [3.8, 4) is 0 Å². The predicted octanol–water partition coefficient (Wildman–Crippen LogP) is 3.33. The summed E-state index contributed by atoms with van der Waals surface area (Å²) in [7, 11) is 0. The molecular formula is C15H9N3O2. The van der Waals surface area contributed by atoms with Crippen molar-refractivity contribution in [2.24, 2.45) is 5.18 Å². The first-order chi connectivity index (χ1) is 9.81. The van der Waals surface area contributed by atoms with Crippen LogP contribution in [-0.2, 0) is 0 Å². The van der Waals surface area contributed by atoms with Crippen LogP contribution in [0.1, 0.15) is 0 Å². The molecule has 5 heteroatoms. The van der Waals surface area contributed by atoms with Crippen molar-refractivity contribution in [1.29, 1.82) is 0 Å². The summed E-state index contributed by atoms with van der Waals surface area (Å²) >= 11 is 0. The molecule has 0 aliphatic carbocycles. The molecule has 2 heterocycles. The van der Waals surface area contributed by atoms with Crippen LogP contribution in [0.5, 0.6) is 0 Å². The Morgan fingerprint density at radius 1 is 0.950 bits per heavy atom. The Morgan fingerprint density at radius 2 is 1.65 bits per heavy atom. The fourth-order valence-corrected chi connectivity index (χ4v) is 2.67. The van der Waals surface area contributed by atoms with Crippen LogP contribution in [0.2, 0.25) is 0 Å². The largest absolute Gasteiger partial charge is 0.339 e. The van der Waals surface area contributed by atoms with Gasteiger partial charge in [-0.05, 0) is 23.4 Å². The lowest BCUT2D eigenvalue weighted by molar-refractivity contribution is 1.15. The van der Waals surface area contributed by atoms with E-state index in [1.165, 1.54) is 4.40 Å². The van der Waals surface area contributed by atoms with Crippen LogP contribution in [0, 0.1) is 4.91 Å². The third kappa shape index (κ3) is 1.23. The van der Waals surface area contributed by atoms with Crippen molar-refractivity contribution in [2.75, 3.05) is 0 Å². The number of aromatic nitrogens is 2. The average Bonchev–Trinajstić information content (AvgIpc) is 2.81. The van der Waals surface area contributed by atoms with Crippen molar-refractivity contribution in [3.63, 3.8) is 0 Å². The van der Waals surface area contributed by atoms with Gasteiger partial charge in [-0.1, -0.05) is 30.3 Å². The van der Waals surface area contributed by atoms with E-state index in [1.807, 2.05) is 30.3 Å². The second kappa shape index (κ2) is 3.77. The lowest BCUT2D eigenvalue weighted by atomic mass is 10.2. The van der Waals surface area contributed by atoms with Crippen LogP contribution >= 0.6 is 0 Å². The molecular weight excluding hydrogens is 254 g/mol. The fourth-order valence-electron chi connectivity index (χ4n) is 2.67. The third-order valence-corrected chi connectivity index (χ3v) is 3.55. The highest BCUT2D eigenvalue weighted by Crippen LogP contribution is 2.32. The zero-order valence-corrected chi connectivity index (χ0v) is 10.3. The Labute approximate surface area is 112 Å². The summed E-state index contributed by atoms with van der Waals surface area (Å²) in [6.07, 6.45) is 0. The van der Waals surface area contributed by atoms with Gasteiger partial charge in [0.05, 0.1) is 16.4 Å². The van der Waals surface area contributed by atoms with Crippen molar-refractivity contribution in [2.45, 2.75) is 0 Å². The van der Waals surface area contributed by atoms with E-state index in [2.05, 4.69) is 10.2 Å². The second-order valence-corrected chi connectivity index (χ2v) is 4.62. The summed E-state index contributed by atoms with van der Waals surface area (Å²) in [6.45, 7) is 0. The third-order valence-electron chi connectivity index (χ3n) is 3.55. The van der Waals surface area contributed by atoms with Gasteiger partial charge in [-0.25, -0.2) is 0 Å². The van der Waals surface area contributed by atoms with Crippen LogP contribution in [-0.4, -0.2) is 9.38 Å². The number of H-pyrrole nitrogens is 1. The summed E-state index contributed by atoms with van der Waals surface area (Å²) in [6, 6.07) is 14.5. The van der Waals surface area contributed by atoms with Gasteiger partial charge in [-0.3, -0.25) is 9.20 Å². The van der Waals surface area contributed by atoms with Crippen molar-refractivity contribution < 1.29 is 0 Å². The first-order valence-corrected chi connectivity index (χ1v) is 6.19. The molecule has 0 unspecified atom stereocenters. The Morgan fingerprint density at radius 3 is 2.45 bits per heavy atom. The summed E-state index contributed by atoms with van der Waals surface area (Å²) in [5.41, 5.74) is 1.93. The van der Waals surface area contributed by atoms with Crippen molar-refractivity contribution in [1.82, 2.24) is 9.38 Å². The van der Waals surface area contributed by atoms with E-state index in [0.29, 0.717) is 27.5 Å². The molecule has 0 atom stereocenters. The molecule has 4 rings (SSSR count). The number of nitrogens with zero attached hydrogens (tertiary/aromatic N) is 2. The highest BCUT2D eigenvalue weighted by Gasteiger charge is 2.16. The number of hydrogen-bond donors (Lipinski definition) is 1. The lowest BCUT2D eigenvalue weighted by Gasteiger charge is -2.01. The zero-order chi connectivity index (χ0) is 13.7. The SMILES string of the molecule is O=Nc1c2ccccc2n2c(=O)c3ccccc3[nH]c12. The minimum Gasteiger partial charge on any atom is -0.339 e. The van der Waals surface area contributed by atoms with Crippen molar-refractivity contribution in [3.05, 3.63) is 63.8 Å². The molecule has 4 aromatic rings. The summed E-state index contributed by atoms with van der Waals surface area (Å²) in [5.74, 6) is 0. The molecule has 96 valence electrons. The minimum atomic E-state index is -0.152. The molecule has 0 saturated carbocycles. The topological polar surface area (TPSA) is 66.7 Å². The maximum Gasteiger partial charge on any atom is 0.266 e. The number of nitroso groups, excluding NO2 is 1. The van der Waals surface area contributed by atoms with Gasteiger partial charge in [0, 0.05) is 5.39 Å². The van der Waals surface area contributed by atoms with Crippen LogP contribution in [0.4, 0.5) is 5.69 Å². The number of nitrogens with one attached hydrogen (secondary N) is 1. The Balaban J connectivity index is 2.42. The normalized spacial score (nSPS) is 11.4. The van der Waals surface area contributed by atoms with E-state index in [1.54, 1.807) is 18.2 Å². The van der Waals surface area contributed by atoms with Gasteiger partial charge < -0.3 is 4.98 Å². The first kappa shape index (κ1) is 10.9. The van der Waals surface area contributed by atoms with Crippen LogP contribution in [0.3, 0.4) is 0 Å². The van der Waals surface area contributed by atoms with Gasteiger partial charge in [-0.2, -0.15) is 0 Å². The first-order valence-electron chi connectivity index (χ1n) is 6.19. The van der Waals surface area contributed by atoms with Gasteiger partial charge in [0.15, 0.2) is 5.69 Å². The molecule has 0 fully saturated rings. The van der Waals surface area contributed by atoms with Gasteiger partial charge in [-0.15, -0.1) is 4.91 Å². The van der Waals surface area contributed by atoms with Crippen LogP contribution < -0.4 is 5.56 Å². The molecule has 0 amide bonds. The van der Waals surface area contributed by atoms with Gasteiger partial charge in [0.2, 0.25) is 0 Å². The monoisotopic (exact) mass is 263 g/mol. The van der Waals surface area contributed by atoms with Gasteiger partial charge in [0.25, 0.3) is 5.56 Å². The molecule has 5 nitrogen and oxygen atoms in total. The Hall–Kier alpha value is -2.95. The lowest BCUT2D eigenvalue weighted by Crippen LogP contribution is -2.13. The highest BCUT2D eigenvalue weighted by molar-refractivity contribution is 6.01. The summed E-state index contributed by atoms with van der Waals surface area (Å²) in [5, 5.41) is 4.35. The average molecular weight is 263 g/mol. The number of para-hydroxylation sites is 2. The molecule has 1 N–H and O–H groups in total. The summed E-state index contributed by atoms with van der Waals surface area (Å²) in [4.78, 5) is 26.9. The van der Waals surface area contributed by atoms with E-state index >= 15 is 0 Å². The predicted molar refractivity (Wildman–Crippen MR) is 78.5 cm³/mol. The van der Waals surface area contributed by atoms with Gasteiger partial charge >= 0.3 is 0 Å². The Kier molecular flexibility index (Phi) is 2.06. The zero-order valence-electron chi connectivity index (χ0n) is 10.3. The van der Waals surface area contributed by atoms with E-state index in [-0.39, 0.29) is 11.2 Å². The number of fused-ring (bicyclic) bond motifs is 4. The molecule has 0 radical (unpaired) electrons. The van der Waals surface area contributed by atoms with Crippen LogP contribution in [0.15, 0.2) is 58.5 Å². The fraction of sp³-hybridized carbons (Fsp3) is 0. The maximum atomic E-state index is 12.6. The number of hydrogen-bond acceptors (Lipinski definition) is 3. The van der Waals surface area contributed by atoms with E-state index < -0.39 is 0 Å². The molecule has 0 spiro atoms. The second-order valence-electron chi connectivity index (χ2n) is 4.62. The summed E-state index contributed by atoms with van der Waals surface area (Å²) < 4.78 is 1.51. The number of aromatic amines is 1. The molecule has 20 heavy (non-hydrogen) atoms. The molecule has 0 saturated heterocycles. The number of rotatable bonds is 1. The molecule has 2 aromatic heterocycles. The van der Waals surface area contributed by atoms with E-state index in [0.717, 1.165) is 0 Å². The smallest absolute Gasteiger partial charge is 0.266 e. The molecule has 0 aliphatic rings. The quantitative estimate of drug-likeness (QED) is 0.535. The van der Waals surface area contributed by atoms with E-state index in [9.17, 15) is 9.70 Å². The van der Waals surface area contributed by atoms with Gasteiger partial charge in [0.1, 0.15) is 5.65 Å². The minimum absolute atomic E-state index is 0.152. The maximum absolute atomic E-state index is 12.6. The molecule has 2 aromatic carbocycles. The highest BCUT2D eigenvalue weighted by atomic mass is 16.3. The number of benzene rings is 2. The molecule has 0 aliphatic heterocycles. The van der Waals surface area contributed by atoms with Crippen LogP contribution in [0.25, 0.3) is 27.5 Å². The standard InChI is InChI=1S/C15H9N3O2/c19-15-9-5-1-3-7-11(9)16-14-13(17-20)10-6-2-4-8-12(10)18(14)15/h1-8,16H. The van der Waals surface area contributed by atoms with E-state index in [4.69, 9.17) is 0 Å².